The Labute approximate surface area is 122 Å². The van der Waals surface area contributed by atoms with Crippen LogP contribution in [0, 0.1) is 0 Å². The Morgan fingerprint density at radius 1 is 1.14 bits per heavy atom. The lowest BCUT2D eigenvalue weighted by Crippen LogP contribution is -2.17. The van der Waals surface area contributed by atoms with E-state index in [1.807, 2.05) is 30.3 Å². The molecule has 2 aromatic rings. The maximum absolute atomic E-state index is 11.5. The number of nitrogens with one attached hydrogen (secondary N) is 2. The molecule has 1 amide bonds. The zero-order chi connectivity index (χ0) is 14.7. The van der Waals surface area contributed by atoms with Gasteiger partial charge in [0.1, 0.15) is 0 Å². The lowest BCUT2D eigenvalue weighted by Gasteiger charge is -2.09. The van der Waals surface area contributed by atoms with Crippen LogP contribution in [0.25, 0.3) is 0 Å². The van der Waals surface area contributed by atoms with Crippen LogP contribution in [0.5, 0.6) is 11.5 Å². The molecular weight excluding hydrogens is 268 g/mol. The van der Waals surface area contributed by atoms with Gasteiger partial charge in [-0.1, -0.05) is 12.1 Å². The van der Waals surface area contributed by atoms with E-state index in [4.69, 9.17) is 9.47 Å². The molecular formula is C16H16N2O3. The number of ether oxygens (including phenoxy) is 2. The topological polar surface area (TPSA) is 59.6 Å². The summed E-state index contributed by atoms with van der Waals surface area (Å²) >= 11 is 0. The predicted octanol–water partition coefficient (Wildman–Crippen LogP) is 2.39. The van der Waals surface area contributed by atoms with Gasteiger partial charge in [-0.3, -0.25) is 4.79 Å². The second-order valence-corrected chi connectivity index (χ2v) is 4.66. The lowest BCUT2D eigenvalue weighted by atomic mass is 10.1. The molecule has 0 radical (unpaired) electrons. The van der Waals surface area contributed by atoms with Crippen molar-refractivity contribution in [3.63, 3.8) is 0 Å². The van der Waals surface area contributed by atoms with Crippen LogP contribution in [0.2, 0.25) is 0 Å². The summed E-state index contributed by atoms with van der Waals surface area (Å²) in [4.78, 5) is 11.5. The summed E-state index contributed by atoms with van der Waals surface area (Å²) in [7, 11) is 1.62. The molecule has 0 bridgehead atoms. The Bertz CT molecular complexity index is 653. The molecule has 0 saturated heterocycles. The van der Waals surface area contributed by atoms with Gasteiger partial charge in [0.05, 0.1) is 0 Å². The average molecular weight is 284 g/mol. The van der Waals surface area contributed by atoms with Crippen LogP contribution >= 0.6 is 0 Å². The molecule has 0 aliphatic carbocycles. The van der Waals surface area contributed by atoms with Crippen molar-refractivity contribution < 1.29 is 14.3 Å². The van der Waals surface area contributed by atoms with E-state index in [9.17, 15) is 4.79 Å². The number of carbonyl (C=O) groups excluding carboxylic acids is 1. The van der Waals surface area contributed by atoms with E-state index < -0.39 is 0 Å². The smallest absolute Gasteiger partial charge is 0.251 e. The second kappa shape index (κ2) is 5.75. The Morgan fingerprint density at radius 3 is 2.71 bits per heavy atom. The monoisotopic (exact) mass is 284 g/mol. The number of hydrogen-bond donors (Lipinski definition) is 2. The maximum Gasteiger partial charge on any atom is 0.251 e. The van der Waals surface area contributed by atoms with Gasteiger partial charge < -0.3 is 20.1 Å². The van der Waals surface area contributed by atoms with Crippen molar-refractivity contribution in [2.45, 2.75) is 6.54 Å². The first-order valence-electron chi connectivity index (χ1n) is 6.71. The largest absolute Gasteiger partial charge is 0.454 e. The van der Waals surface area contributed by atoms with Crippen molar-refractivity contribution >= 4 is 11.6 Å². The molecule has 0 saturated carbocycles. The molecule has 108 valence electrons. The fourth-order valence-corrected chi connectivity index (χ4v) is 2.21. The summed E-state index contributed by atoms with van der Waals surface area (Å²) in [6, 6.07) is 13.2. The van der Waals surface area contributed by atoms with Crippen LogP contribution in [0.15, 0.2) is 42.5 Å². The average Bonchev–Trinajstić information content (AvgIpc) is 3.02. The lowest BCUT2D eigenvalue weighted by molar-refractivity contribution is 0.0963. The highest BCUT2D eigenvalue weighted by molar-refractivity contribution is 5.94. The van der Waals surface area contributed by atoms with Gasteiger partial charge in [-0.25, -0.2) is 0 Å². The van der Waals surface area contributed by atoms with Gasteiger partial charge in [0, 0.05) is 30.4 Å². The van der Waals surface area contributed by atoms with E-state index in [1.54, 1.807) is 19.2 Å². The Morgan fingerprint density at radius 2 is 1.95 bits per heavy atom. The number of para-hydroxylation sites is 1. The number of hydrogen-bond acceptors (Lipinski definition) is 4. The molecule has 1 heterocycles. The van der Waals surface area contributed by atoms with Crippen molar-refractivity contribution in [3.05, 3.63) is 53.6 Å². The molecule has 0 fully saturated rings. The van der Waals surface area contributed by atoms with E-state index in [2.05, 4.69) is 10.6 Å². The number of fused-ring (bicyclic) bond motifs is 1. The van der Waals surface area contributed by atoms with E-state index in [1.165, 1.54) is 0 Å². The van der Waals surface area contributed by atoms with Crippen LogP contribution < -0.4 is 20.1 Å². The minimum atomic E-state index is -0.0898. The zero-order valence-corrected chi connectivity index (χ0v) is 11.7. The molecule has 3 rings (SSSR count). The highest BCUT2D eigenvalue weighted by atomic mass is 16.7. The van der Waals surface area contributed by atoms with Gasteiger partial charge in [-0.05, 0) is 30.3 Å². The SMILES string of the molecule is CNC(=O)c1ccc(NCc2cccc3c2OCO3)cc1. The molecule has 0 atom stereocenters. The van der Waals surface area contributed by atoms with Crippen LogP contribution in [0.1, 0.15) is 15.9 Å². The van der Waals surface area contributed by atoms with E-state index >= 15 is 0 Å². The van der Waals surface area contributed by atoms with Gasteiger partial charge in [-0.15, -0.1) is 0 Å². The number of anilines is 1. The molecule has 2 N–H and O–H groups in total. The van der Waals surface area contributed by atoms with Gasteiger partial charge in [0.25, 0.3) is 5.91 Å². The molecule has 0 spiro atoms. The summed E-state index contributed by atoms with van der Waals surface area (Å²) in [6.45, 7) is 0.902. The number of amides is 1. The molecule has 21 heavy (non-hydrogen) atoms. The van der Waals surface area contributed by atoms with Crippen LogP contribution in [-0.2, 0) is 6.54 Å². The van der Waals surface area contributed by atoms with Gasteiger partial charge >= 0.3 is 0 Å². The second-order valence-electron chi connectivity index (χ2n) is 4.66. The van der Waals surface area contributed by atoms with Crippen LogP contribution in [-0.4, -0.2) is 19.7 Å². The van der Waals surface area contributed by atoms with Crippen molar-refractivity contribution in [2.24, 2.45) is 0 Å². The number of carbonyl (C=O) groups is 1. The summed E-state index contributed by atoms with van der Waals surface area (Å²) in [5.74, 6) is 1.49. The first kappa shape index (κ1) is 13.3. The van der Waals surface area contributed by atoms with Gasteiger partial charge in [0.2, 0.25) is 6.79 Å². The summed E-state index contributed by atoms with van der Waals surface area (Å²) in [5, 5.41) is 5.90. The van der Waals surface area contributed by atoms with Crippen LogP contribution in [0.3, 0.4) is 0 Å². The van der Waals surface area contributed by atoms with Crippen molar-refractivity contribution in [1.82, 2.24) is 5.32 Å². The van der Waals surface area contributed by atoms with E-state index in [0.717, 1.165) is 22.7 Å². The summed E-state index contributed by atoms with van der Waals surface area (Å²) in [5.41, 5.74) is 2.62. The maximum atomic E-state index is 11.5. The Balaban J connectivity index is 1.68. The fourth-order valence-electron chi connectivity index (χ4n) is 2.21. The van der Waals surface area contributed by atoms with Crippen molar-refractivity contribution in [1.29, 1.82) is 0 Å². The molecule has 5 nitrogen and oxygen atoms in total. The third-order valence-corrected chi connectivity index (χ3v) is 3.34. The molecule has 0 unspecified atom stereocenters. The Hall–Kier alpha value is -2.69. The predicted molar refractivity (Wildman–Crippen MR) is 79.7 cm³/mol. The summed E-state index contributed by atoms with van der Waals surface area (Å²) in [6.07, 6.45) is 0. The number of benzene rings is 2. The molecule has 5 heteroatoms. The third kappa shape index (κ3) is 2.76. The van der Waals surface area contributed by atoms with Gasteiger partial charge in [0.15, 0.2) is 11.5 Å². The summed E-state index contributed by atoms with van der Waals surface area (Å²) < 4.78 is 10.8. The first-order chi connectivity index (χ1) is 10.3. The third-order valence-electron chi connectivity index (χ3n) is 3.34. The molecule has 0 aromatic heterocycles. The van der Waals surface area contributed by atoms with E-state index in [-0.39, 0.29) is 12.7 Å². The number of rotatable bonds is 4. The van der Waals surface area contributed by atoms with Crippen molar-refractivity contribution in [2.75, 3.05) is 19.2 Å². The standard InChI is InChI=1S/C16H16N2O3/c1-17-16(19)11-5-7-13(8-6-11)18-9-12-3-2-4-14-15(12)21-10-20-14/h2-8,18H,9-10H2,1H3,(H,17,19). The molecule has 1 aliphatic rings. The molecule has 1 aliphatic heterocycles. The zero-order valence-electron chi connectivity index (χ0n) is 11.7. The molecule has 2 aromatic carbocycles. The minimum absolute atomic E-state index is 0.0898. The first-order valence-corrected chi connectivity index (χ1v) is 6.71. The van der Waals surface area contributed by atoms with E-state index in [0.29, 0.717) is 12.1 Å². The Kier molecular flexibility index (Phi) is 3.64. The minimum Gasteiger partial charge on any atom is -0.454 e. The normalized spacial score (nSPS) is 12.0. The van der Waals surface area contributed by atoms with Gasteiger partial charge in [-0.2, -0.15) is 0 Å². The fraction of sp³-hybridized carbons (Fsp3) is 0.188. The highest BCUT2D eigenvalue weighted by Crippen LogP contribution is 2.35. The van der Waals surface area contributed by atoms with Crippen molar-refractivity contribution in [3.8, 4) is 11.5 Å². The van der Waals surface area contributed by atoms with Crippen LogP contribution in [0.4, 0.5) is 5.69 Å². The quantitative estimate of drug-likeness (QED) is 0.905. The highest BCUT2D eigenvalue weighted by Gasteiger charge is 2.16.